The fourth-order valence-corrected chi connectivity index (χ4v) is 5.11. The first kappa shape index (κ1) is 21.5. The topological polar surface area (TPSA) is 115 Å². The Morgan fingerprint density at radius 3 is 2.26 bits per heavy atom. The lowest BCUT2D eigenvalue weighted by molar-refractivity contribution is 0.0679. The monoisotopic (exact) mass is 463 g/mol. The van der Waals surface area contributed by atoms with Gasteiger partial charge < -0.3 is 20.2 Å². The van der Waals surface area contributed by atoms with E-state index in [1.54, 1.807) is 6.07 Å². The van der Waals surface area contributed by atoms with Crippen molar-refractivity contribution in [3.8, 4) is 5.75 Å². The van der Waals surface area contributed by atoms with Crippen LogP contribution < -0.4 is 4.90 Å². The minimum absolute atomic E-state index is 0.0968. The maximum absolute atomic E-state index is 13.5. The number of anilines is 1. The predicted octanol–water partition coefficient (Wildman–Crippen LogP) is 4.42. The zero-order chi connectivity index (χ0) is 22.4. The summed E-state index contributed by atoms with van der Waals surface area (Å²) in [6, 6.07) is 2.48. The van der Waals surface area contributed by atoms with E-state index in [4.69, 9.17) is 23.2 Å². The van der Waals surface area contributed by atoms with Gasteiger partial charge in [-0.15, -0.1) is 0 Å². The number of aromatic hydroxyl groups is 1. The molecule has 0 aliphatic carbocycles. The fraction of sp³-hybridized carbons (Fsp3) is 0.318. The predicted molar refractivity (Wildman–Crippen MR) is 115 cm³/mol. The molecule has 2 aromatic carbocycles. The number of hydrogen-bond donors (Lipinski definition) is 3. The largest absolute Gasteiger partial charge is 0.507 e. The molecule has 0 fully saturated rings. The Labute approximate surface area is 187 Å². The number of carboxylic acid groups (broad SMARTS) is 2. The van der Waals surface area contributed by atoms with Crippen LogP contribution in [0.5, 0.6) is 5.75 Å². The number of ketones is 1. The lowest BCUT2D eigenvalue weighted by Crippen LogP contribution is -2.30. The van der Waals surface area contributed by atoms with Gasteiger partial charge in [0.1, 0.15) is 5.75 Å². The molecule has 2 aliphatic heterocycles. The van der Waals surface area contributed by atoms with E-state index < -0.39 is 44.5 Å². The summed E-state index contributed by atoms with van der Waals surface area (Å²) < 4.78 is 0. The van der Waals surface area contributed by atoms with E-state index in [0.29, 0.717) is 12.0 Å². The number of phenols is 1. The molecule has 0 atom stereocenters. The van der Waals surface area contributed by atoms with Gasteiger partial charge in [-0.05, 0) is 49.8 Å². The number of aryl methyl sites for hydroxylation is 1. The smallest absolute Gasteiger partial charge is 0.338 e. The van der Waals surface area contributed by atoms with Crippen LogP contribution in [0.3, 0.4) is 0 Å². The van der Waals surface area contributed by atoms with Crippen LogP contribution in [0.4, 0.5) is 5.69 Å². The number of carbonyl (C=O) groups is 3. The van der Waals surface area contributed by atoms with Crippen molar-refractivity contribution < 1.29 is 29.7 Å². The van der Waals surface area contributed by atoms with Crippen molar-refractivity contribution in [1.82, 2.24) is 0 Å². The molecule has 2 aliphatic rings. The third-order valence-corrected chi connectivity index (χ3v) is 6.57. The van der Waals surface area contributed by atoms with Crippen LogP contribution in [-0.4, -0.2) is 46.1 Å². The van der Waals surface area contributed by atoms with E-state index >= 15 is 0 Å². The van der Waals surface area contributed by atoms with Gasteiger partial charge in [0.25, 0.3) is 0 Å². The molecule has 0 amide bonds. The number of hydrogen-bond acceptors (Lipinski definition) is 5. The van der Waals surface area contributed by atoms with Crippen molar-refractivity contribution >= 4 is 46.6 Å². The van der Waals surface area contributed by atoms with Crippen LogP contribution in [0.15, 0.2) is 12.1 Å². The molecule has 2 aromatic rings. The molecule has 31 heavy (non-hydrogen) atoms. The van der Waals surface area contributed by atoms with Crippen molar-refractivity contribution in [2.75, 3.05) is 18.0 Å². The van der Waals surface area contributed by atoms with Gasteiger partial charge in [-0.2, -0.15) is 0 Å². The van der Waals surface area contributed by atoms with Crippen molar-refractivity contribution in [2.24, 2.45) is 0 Å². The Balaban J connectivity index is 1.97. The Kier molecular flexibility index (Phi) is 5.58. The number of aromatic carboxylic acids is 2. The molecule has 162 valence electrons. The fourth-order valence-electron chi connectivity index (χ4n) is 4.51. The second-order valence-corrected chi connectivity index (χ2v) is 8.50. The summed E-state index contributed by atoms with van der Waals surface area (Å²) in [5, 5.41) is 29.1. The van der Waals surface area contributed by atoms with Crippen LogP contribution in [0.25, 0.3) is 0 Å². The van der Waals surface area contributed by atoms with E-state index in [2.05, 4.69) is 4.90 Å². The van der Waals surface area contributed by atoms with Crippen LogP contribution in [-0.2, 0) is 12.8 Å². The lowest BCUT2D eigenvalue weighted by Gasteiger charge is -2.33. The molecule has 9 heteroatoms. The Morgan fingerprint density at radius 1 is 0.871 bits per heavy atom. The number of halogens is 2. The quantitative estimate of drug-likeness (QED) is 0.574. The average molecular weight is 464 g/mol. The molecule has 0 saturated heterocycles. The summed E-state index contributed by atoms with van der Waals surface area (Å²) in [5.74, 6) is -4.06. The number of phenolic OH excluding ortho intramolecular Hbond substituents is 1. The van der Waals surface area contributed by atoms with E-state index in [0.717, 1.165) is 56.1 Å². The minimum atomic E-state index is -1.52. The SMILES string of the molecule is O=C(O)c1cc(Cl)c(C(=O)O)c(C(=O)c2cc3c4c(c2O)CCCN4CCCC3)c1Cl. The van der Waals surface area contributed by atoms with E-state index in [1.165, 1.54) is 0 Å². The Morgan fingerprint density at radius 2 is 1.58 bits per heavy atom. The number of nitrogens with zero attached hydrogens (tertiary/aromatic N) is 1. The Hall–Kier alpha value is -2.77. The zero-order valence-corrected chi connectivity index (χ0v) is 17.9. The normalized spacial score (nSPS) is 15.2. The molecule has 0 radical (unpaired) electrons. The molecule has 4 rings (SSSR count). The third kappa shape index (κ3) is 3.51. The maximum atomic E-state index is 13.5. The summed E-state index contributed by atoms with van der Waals surface area (Å²) in [5.41, 5.74) is 0.792. The zero-order valence-electron chi connectivity index (χ0n) is 16.4. The highest BCUT2D eigenvalue weighted by molar-refractivity contribution is 6.42. The van der Waals surface area contributed by atoms with Crippen LogP contribution in [0, 0.1) is 0 Å². The average Bonchev–Trinajstić information content (AvgIpc) is 2.93. The van der Waals surface area contributed by atoms with Gasteiger partial charge in [0.15, 0.2) is 5.78 Å². The highest BCUT2D eigenvalue weighted by Gasteiger charge is 2.33. The summed E-state index contributed by atoms with van der Waals surface area (Å²) >= 11 is 12.2. The summed E-state index contributed by atoms with van der Waals surface area (Å²) in [6.07, 6.45) is 4.03. The minimum Gasteiger partial charge on any atom is -0.507 e. The second kappa shape index (κ2) is 8.05. The molecule has 0 spiro atoms. The standard InChI is InChI=1S/C22H19Cl2NO6/c23-14-9-12(21(28)29)17(24)16(15(14)22(30)31)20(27)13-8-10-4-1-2-6-25-7-3-5-11(18(10)25)19(13)26/h8-9,26H,1-7H2,(H,28,29)(H,30,31). The molecule has 2 heterocycles. The molecule has 3 N–H and O–H groups in total. The molecule has 0 bridgehead atoms. The van der Waals surface area contributed by atoms with Gasteiger partial charge in [-0.1, -0.05) is 23.2 Å². The molecular weight excluding hydrogens is 445 g/mol. The van der Waals surface area contributed by atoms with E-state index in [-0.39, 0.29) is 11.3 Å². The van der Waals surface area contributed by atoms with E-state index in [1.807, 2.05) is 0 Å². The number of rotatable bonds is 4. The molecule has 7 nitrogen and oxygen atoms in total. The van der Waals surface area contributed by atoms with Gasteiger partial charge in [0.2, 0.25) is 0 Å². The van der Waals surface area contributed by atoms with Crippen LogP contribution in [0.2, 0.25) is 10.0 Å². The van der Waals surface area contributed by atoms with Crippen molar-refractivity contribution in [1.29, 1.82) is 0 Å². The van der Waals surface area contributed by atoms with Crippen molar-refractivity contribution in [3.05, 3.63) is 55.6 Å². The van der Waals surface area contributed by atoms with Gasteiger partial charge in [0.05, 0.1) is 32.3 Å². The van der Waals surface area contributed by atoms with Gasteiger partial charge >= 0.3 is 11.9 Å². The number of carbonyl (C=O) groups excluding carboxylic acids is 1. The number of carboxylic acids is 2. The van der Waals surface area contributed by atoms with Gasteiger partial charge in [-0.25, -0.2) is 9.59 Å². The van der Waals surface area contributed by atoms with Crippen LogP contribution >= 0.6 is 23.2 Å². The van der Waals surface area contributed by atoms with Crippen molar-refractivity contribution in [2.45, 2.75) is 32.1 Å². The summed E-state index contributed by atoms with van der Waals surface area (Å²) in [4.78, 5) is 39.1. The third-order valence-electron chi connectivity index (χ3n) is 5.88. The summed E-state index contributed by atoms with van der Waals surface area (Å²) in [7, 11) is 0. The Bertz CT molecular complexity index is 1140. The van der Waals surface area contributed by atoms with E-state index in [9.17, 15) is 29.7 Å². The second-order valence-electron chi connectivity index (χ2n) is 7.72. The first-order valence-electron chi connectivity index (χ1n) is 9.88. The van der Waals surface area contributed by atoms with Gasteiger partial charge in [0, 0.05) is 24.3 Å². The van der Waals surface area contributed by atoms with Gasteiger partial charge in [-0.3, -0.25) is 4.79 Å². The van der Waals surface area contributed by atoms with Crippen LogP contribution in [0.1, 0.15) is 67.0 Å². The van der Waals surface area contributed by atoms with Crippen molar-refractivity contribution in [3.63, 3.8) is 0 Å². The first-order chi connectivity index (χ1) is 14.7. The first-order valence-corrected chi connectivity index (χ1v) is 10.6. The molecule has 0 saturated carbocycles. The highest BCUT2D eigenvalue weighted by Crippen LogP contribution is 2.43. The summed E-state index contributed by atoms with van der Waals surface area (Å²) in [6.45, 7) is 1.75. The molecule has 0 aromatic heterocycles. The molecular formula is C22H19Cl2NO6. The highest BCUT2D eigenvalue weighted by atomic mass is 35.5. The molecule has 0 unspecified atom stereocenters. The maximum Gasteiger partial charge on any atom is 0.338 e. The number of benzene rings is 2. The lowest BCUT2D eigenvalue weighted by atomic mass is 9.88.